The van der Waals surface area contributed by atoms with Crippen molar-refractivity contribution >= 4 is 17.6 Å². The molecule has 0 fully saturated rings. The van der Waals surface area contributed by atoms with Crippen molar-refractivity contribution < 1.29 is 19.8 Å². The number of carbonyl (C=O) groups is 2. The molecule has 0 saturated carbocycles. The minimum absolute atomic E-state index is 0.0220. The Kier molecular flexibility index (Phi) is 3.84. The SMILES string of the molecule is Cc1cc(C(=O)Nc2cccc(C(=O)O)c2O)c(C)nn1. The largest absolute Gasteiger partial charge is 0.505 e. The van der Waals surface area contributed by atoms with Gasteiger partial charge in [-0.15, -0.1) is 0 Å². The fourth-order valence-electron chi connectivity index (χ4n) is 1.79. The van der Waals surface area contributed by atoms with Gasteiger partial charge in [0.2, 0.25) is 0 Å². The molecule has 1 amide bonds. The van der Waals surface area contributed by atoms with Crippen molar-refractivity contribution in [3.63, 3.8) is 0 Å². The zero-order valence-corrected chi connectivity index (χ0v) is 11.4. The minimum atomic E-state index is -1.28. The first-order valence-corrected chi connectivity index (χ1v) is 6.07. The average Bonchev–Trinajstić information content (AvgIpc) is 2.43. The summed E-state index contributed by atoms with van der Waals surface area (Å²) in [4.78, 5) is 23.1. The third kappa shape index (κ3) is 2.97. The van der Waals surface area contributed by atoms with Crippen LogP contribution < -0.4 is 5.32 Å². The maximum absolute atomic E-state index is 12.2. The average molecular weight is 287 g/mol. The smallest absolute Gasteiger partial charge is 0.339 e. The zero-order chi connectivity index (χ0) is 15.6. The number of benzene rings is 1. The first-order valence-electron chi connectivity index (χ1n) is 6.07. The van der Waals surface area contributed by atoms with Crippen molar-refractivity contribution in [2.24, 2.45) is 0 Å². The fourth-order valence-corrected chi connectivity index (χ4v) is 1.79. The third-order valence-corrected chi connectivity index (χ3v) is 2.86. The van der Waals surface area contributed by atoms with Crippen LogP contribution in [0.1, 0.15) is 32.1 Å². The van der Waals surface area contributed by atoms with Gasteiger partial charge < -0.3 is 15.5 Å². The molecular weight excluding hydrogens is 274 g/mol. The molecule has 0 spiro atoms. The maximum atomic E-state index is 12.2. The molecule has 0 saturated heterocycles. The van der Waals surface area contributed by atoms with Crippen molar-refractivity contribution in [3.05, 3.63) is 46.8 Å². The summed E-state index contributed by atoms with van der Waals surface area (Å²) in [6, 6.07) is 5.66. The molecule has 108 valence electrons. The van der Waals surface area contributed by atoms with Gasteiger partial charge in [0, 0.05) is 0 Å². The molecule has 3 N–H and O–H groups in total. The van der Waals surface area contributed by atoms with Gasteiger partial charge in [-0.3, -0.25) is 4.79 Å². The number of para-hydroxylation sites is 1. The summed E-state index contributed by atoms with van der Waals surface area (Å²) >= 11 is 0. The van der Waals surface area contributed by atoms with Crippen molar-refractivity contribution in [3.8, 4) is 5.75 Å². The van der Waals surface area contributed by atoms with E-state index in [1.165, 1.54) is 18.2 Å². The Labute approximate surface area is 120 Å². The number of aromatic hydroxyl groups is 1. The molecular formula is C14H13N3O4. The number of carbonyl (C=O) groups excluding carboxylic acids is 1. The zero-order valence-electron chi connectivity index (χ0n) is 11.4. The lowest BCUT2D eigenvalue weighted by atomic mass is 10.1. The number of rotatable bonds is 3. The number of aromatic carboxylic acids is 1. The Bertz CT molecular complexity index is 728. The molecule has 0 atom stereocenters. The van der Waals surface area contributed by atoms with Gasteiger partial charge in [-0.05, 0) is 32.0 Å². The topological polar surface area (TPSA) is 112 Å². The number of amides is 1. The van der Waals surface area contributed by atoms with E-state index in [1.54, 1.807) is 19.9 Å². The third-order valence-electron chi connectivity index (χ3n) is 2.86. The molecule has 0 aliphatic rings. The number of anilines is 1. The van der Waals surface area contributed by atoms with Crippen LogP contribution in [-0.2, 0) is 0 Å². The molecule has 1 aromatic heterocycles. The Morgan fingerprint density at radius 2 is 1.86 bits per heavy atom. The van der Waals surface area contributed by atoms with Crippen molar-refractivity contribution in [2.75, 3.05) is 5.32 Å². The molecule has 2 aromatic rings. The number of nitrogens with one attached hydrogen (secondary N) is 1. The van der Waals surface area contributed by atoms with Crippen LogP contribution in [0.2, 0.25) is 0 Å². The van der Waals surface area contributed by atoms with Gasteiger partial charge in [0.1, 0.15) is 5.56 Å². The lowest BCUT2D eigenvalue weighted by Crippen LogP contribution is -2.15. The second-order valence-electron chi connectivity index (χ2n) is 4.45. The predicted molar refractivity (Wildman–Crippen MR) is 74.5 cm³/mol. The summed E-state index contributed by atoms with van der Waals surface area (Å²) in [5, 5.41) is 28.9. The van der Waals surface area contributed by atoms with Gasteiger partial charge in [0.25, 0.3) is 5.91 Å². The highest BCUT2D eigenvalue weighted by Crippen LogP contribution is 2.28. The second-order valence-corrected chi connectivity index (χ2v) is 4.45. The van der Waals surface area contributed by atoms with E-state index >= 15 is 0 Å². The van der Waals surface area contributed by atoms with Crippen molar-refractivity contribution in [1.82, 2.24) is 10.2 Å². The highest BCUT2D eigenvalue weighted by atomic mass is 16.4. The van der Waals surface area contributed by atoms with E-state index in [9.17, 15) is 14.7 Å². The van der Waals surface area contributed by atoms with Crippen LogP contribution in [0.15, 0.2) is 24.3 Å². The second kappa shape index (κ2) is 5.58. The van der Waals surface area contributed by atoms with E-state index in [4.69, 9.17) is 5.11 Å². The normalized spacial score (nSPS) is 10.2. The lowest BCUT2D eigenvalue weighted by molar-refractivity contribution is 0.0693. The fraction of sp³-hybridized carbons (Fsp3) is 0.143. The standard InChI is InChI=1S/C14H13N3O4/c1-7-6-10(8(2)17-16-7)13(19)15-11-5-3-4-9(12(11)18)14(20)21/h3-6,18H,1-2H3,(H,15,19)(H,20,21). The highest BCUT2D eigenvalue weighted by Gasteiger charge is 2.17. The number of hydrogen-bond donors (Lipinski definition) is 3. The number of hydrogen-bond acceptors (Lipinski definition) is 5. The van der Waals surface area contributed by atoms with Crippen LogP contribution in [0.4, 0.5) is 5.69 Å². The van der Waals surface area contributed by atoms with E-state index in [2.05, 4.69) is 15.5 Å². The van der Waals surface area contributed by atoms with Gasteiger partial charge in [0.05, 0.1) is 22.6 Å². The Morgan fingerprint density at radius 3 is 2.52 bits per heavy atom. The molecule has 1 aromatic carbocycles. The summed E-state index contributed by atoms with van der Waals surface area (Å²) in [6.45, 7) is 3.33. The molecule has 0 aliphatic heterocycles. The van der Waals surface area contributed by atoms with Crippen molar-refractivity contribution in [1.29, 1.82) is 0 Å². The van der Waals surface area contributed by atoms with Crippen LogP contribution in [-0.4, -0.2) is 32.3 Å². The summed E-state index contributed by atoms with van der Waals surface area (Å²) in [5.41, 5.74) is 1.06. The van der Waals surface area contributed by atoms with Crippen molar-refractivity contribution in [2.45, 2.75) is 13.8 Å². The molecule has 0 unspecified atom stereocenters. The molecule has 2 rings (SSSR count). The quantitative estimate of drug-likeness (QED) is 0.741. The summed E-state index contributed by atoms with van der Waals surface area (Å²) in [6.07, 6.45) is 0. The molecule has 1 heterocycles. The number of nitrogens with zero attached hydrogens (tertiary/aromatic N) is 2. The molecule has 0 aliphatic carbocycles. The first kappa shape index (κ1) is 14.4. The van der Waals surface area contributed by atoms with Crippen LogP contribution in [0.5, 0.6) is 5.75 Å². The maximum Gasteiger partial charge on any atom is 0.339 e. The van der Waals surface area contributed by atoms with E-state index in [1.807, 2.05) is 0 Å². The molecule has 0 radical (unpaired) electrons. The van der Waals surface area contributed by atoms with Crippen LogP contribution in [0.3, 0.4) is 0 Å². The summed E-state index contributed by atoms with van der Waals surface area (Å²) in [7, 11) is 0. The number of aryl methyl sites for hydroxylation is 2. The predicted octanol–water partition coefficient (Wildman–Crippen LogP) is 1.75. The van der Waals surface area contributed by atoms with Gasteiger partial charge in [0.15, 0.2) is 5.75 Å². The number of aromatic nitrogens is 2. The van der Waals surface area contributed by atoms with Gasteiger partial charge in [-0.2, -0.15) is 10.2 Å². The van der Waals surface area contributed by atoms with E-state index < -0.39 is 17.6 Å². The van der Waals surface area contributed by atoms with Crippen LogP contribution in [0.25, 0.3) is 0 Å². The van der Waals surface area contributed by atoms with Crippen LogP contribution >= 0.6 is 0 Å². The number of phenols is 1. The Balaban J connectivity index is 2.34. The van der Waals surface area contributed by atoms with E-state index in [-0.39, 0.29) is 11.3 Å². The Hall–Kier alpha value is -2.96. The van der Waals surface area contributed by atoms with Gasteiger partial charge >= 0.3 is 5.97 Å². The monoisotopic (exact) mass is 287 g/mol. The molecule has 21 heavy (non-hydrogen) atoms. The summed E-state index contributed by atoms with van der Waals surface area (Å²) < 4.78 is 0. The van der Waals surface area contributed by atoms with Gasteiger partial charge in [-0.25, -0.2) is 4.79 Å². The number of carboxylic acid groups (broad SMARTS) is 1. The van der Waals surface area contributed by atoms with Gasteiger partial charge in [-0.1, -0.05) is 6.07 Å². The Morgan fingerprint density at radius 1 is 1.14 bits per heavy atom. The lowest BCUT2D eigenvalue weighted by Gasteiger charge is -2.10. The molecule has 7 nitrogen and oxygen atoms in total. The summed E-state index contributed by atoms with van der Waals surface area (Å²) in [5.74, 6) is -2.26. The van der Waals surface area contributed by atoms with E-state index in [0.717, 1.165) is 0 Å². The first-order chi connectivity index (χ1) is 9.90. The minimum Gasteiger partial charge on any atom is -0.505 e. The molecule has 7 heteroatoms. The van der Waals surface area contributed by atoms with Crippen LogP contribution in [0, 0.1) is 13.8 Å². The highest BCUT2D eigenvalue weighted by molar-refractivity contribution is 6.06. The number of carboxylic acids is 1. The molecule has 0 bridgehead atoms. The van der Waals surface area contributed by atoms with E-state index in [0.29, 0.717) is 17.0 Å².